The standard InChI is InChI=1S/C23H16ClN5O3S/c24-17-11-10-15(12-19(17)29(31)32)21-25-18-9-5-4-8-16(18)20-22(30)26-23(27-28(20)21)33-13-14-6-2-1-3-7-14/h1-12,21H,13H2,(H,26,27,30). The van der Waals surface area contributed by atoms with E-state index >= 15 is 0 Å². The Morgan fingerprint density at radius 2 is 1.85 bits per heavy atom. The molecule has 3 aromatic carbocycles. The molecule has 0 saturated heterocycles. The van der Waals surface area contributed by atoms with Crippen LogP contribution < -0.4 is 15.9 Å². The predicted octanol–water partition coefficient (Wildman–Crippen LogP) is 3.32. The molecule has 0 aliphatic carbocycles. The minimum Gasteiger partial charge on any atom is -0.298 e. The number of carbonyl (C=O) groups is 1. The summed E-state index contributed by atoms with van der Waals surface area (Å²) in [5, 5.41) is 22.2. The summed E-state index contributed by atoms with van der Waals surface area (Å²) in [6, 6.07) is 21.6. The molecule has 8 nitrogen and oxygen atoms in total. The first kappa shape index (κ1) is 21.2. The molecule has 2 aliphatic heterocycles. The van der Waals surface area contributed by atoms with Crippen LogP contribution >= 0.6 is 23.4 Å². The van der Waals surface area contributed by atoms with Crippen LogP contribution in [0.4, 0.5) is 5.69 Å². The van der Waals surface area contributed by atoms with Gasteiger partial charge in [0.15, 0.2) is 11.3 Å². The minimum absolute atomic E-state index is 0.0307. The van der Waals surface area contributed by atoms with Crippen LogP contribution in [0.2, 0.25) is 5.02 Å². The highest BCUT2D eigenvalue weighted by atomic mass is 35.5. The van der Waals surface area contributed by atoms with Crippen LogP contribution in [-0.2, 0) is 10.5 Å². The molecule has 0 bridgehead atoms. The Hall–Kier alpha value is -3.69. The zero-order valence-corrected chi connectivity index (χ0v) is 18.6. The highest BCUT2D eigenvalue weighted by Gasteiger charge is 2.35. The number of carbonyl (C=O) groups excluding carboxylic acids is 1. The van der Waals surface area contributed by atoms with Crippen molar-refractivity contribution in [3.8, 4) is 0 Å². The average Bonchev–Trinajstić information content (AvgIpc) is 2.83. The van der Waals surface area contributed by atoms with Crippen molar-refractivity contribution in [2.75, 3.05) is 0 Å². The number of hydrazone groups is 1. The third-order valence-corrected chi connectivity index (χ3v) is 6.45. The second-order valence-electron chi connectivity index (χ2n) is 7.31. The Kier molecular flexibility index (Phi) is 5.57. The van der Waals surface area contributed by atoms with Crippen LogP contribution in [0, 0.1) is 10.1 Å². The van der Waals surface area contributed by atoms with E-state index in [0.717, 1.165) is 5.56 Å². The topological polar surface area (TPSA) is 100 Å². The number of halogens is 1. The van der Waals surface area contributed by atoms with Crippen LogP contribution in [0.1, 0.15) is 17.3 Å². The van der Waals surface area contributed by atoms with Crippen molar-refractivity contribution < 1.29 is 9.72 Å². The van der Waals surface area contributed by atoms with Crippen molar-refractivity contribution in [3.63, 3.8) is 0 Å². The van der Waals surface area contributed by atoms with E-state index in [1.165, 1.54) is 28.9 Å². The van der Waals surface area contributed by atoms with Gasteiger partial charge in [0.1, 0.15) is 10.7 Å². The Labute approximate surface area is 197 Å². The van der Waals surface area contributed by atoms with Gasteiger partial charge in [0.2, 0.25) is 0 Å². The van der Waals surface area contributed by atoms with E-state index in [1.807, 2.05) is 42.5 Å². The van der Waals surface area contributed by atoms with Crippen molar-refractivity contribution in [2.45, 2.75) is 11.9 Å². The van der Waals surface area contributed by atoms with Gasteiger partial charge in [-0.05, 0) is 17.7 Å². The number of para-hydroxylation sites is 1. The summed E-state index contributed by atoms with van der Waals surface area (Å²) >= 11 is 7.40. The van der Waals surface area contributed by atoms with E-state index in [0.29, 0.717) is 32.8 Å². The first-order valence-electron chi connectivity index (χ1n) is 9.98. The van der Waals surface area contributed by atoms with Crippen molar-refractivity contribution in [3.05, 3.63) is 110 Å². The zero-order valence-electron chi connectivity index (χ0n) is 17.0. The first-order valence-corrected chi connectivity index (χ1v) is 11.3. The van der Waals surface area contributed by atoms with Gasteiger partial charge in [-0.25, -0.2) is 5.01 Å². The zero-order chi connectivity index (χ0) is 22.9. The smallest absolute Gasteiger partial charge is 0.288 e. The third-order valence-electron chi connectivity index (χ3n) is 5.20. The maximum Gasteiger partial charge on any atom is 0.288 e. The maximum absolute atomic E-state index is 13.2. The number of rotatable bonds is 4. The number of hydrogen-bond acceptors (Lipinski definition) is 7. The lowest BCUT2D eigenvalue weighted by Gasteiger charge is -2.34. The van der Waals surface area contributed by atoms with Gasteiger partial charge in [0.25, 0.3) is 11.6 Å². The molecular formula is C23H16ClN5O3S. The Balaban J connectivity index is 1.60. The molecule has 2 aliphatic rings. The Morgan fingerprint density at radius 1 is 1.09 bits per heavy atom. The molecule has 0 radical (unpaired) electrons. The van der Waals surface area contributed by atoms with Crippen molar-refractivity contribution in [1.29, 1.82) is 0 Å². The molecular weight excluding hydrogens is 462 g/mol. The van der Waals surface area contributed by atoms with Crippen LogP contribution in [0.25, 0.3) is 5.70 Å². The fourth-order valence-electron chi connectivity index (χ4n) is 3.67. The van der Waals surface area contributed by atoms with E-state index in [4.69, 9.17) is 16.6 Å². The van der Waals surface area contributed by atoms with Gasteiger partial charge in [-0.2, -0.15) is 0 Å². The van der Waals surface area contributed by atoms with Crippen LogP contribution in [-0.4, -0.2) is 21.0 Å². The number of fused-ring (bicyclic) bond motifs is 2. The summed E-state index contributed by atoms with van der Waals surface area (Å²) < 4.78 is 0. The number of nitrogens with one attached hydrogen (secondary N) is 1. The van der Waals surface area contributed by atoms with E-state index in [2.05, 4.69) is 10.4 Å². The van der Waals surface area contributed by atoms with Crippen molar-refractivity contribution in [1.82, 2.24) is 10.3 Å². The van der Waals surface area contributed by atoms with Crippen molar-refractivity contribution in [2.24, 2.45) is 10.1 Å². The van der Waals surface area contributed by atoms with Gasteiger partial charge in [-0.3, -0.25) is 25.2 Å². The molecule has 164 valence electrons. The summed E-state index contributed by atoms with van der Waals surface area (Å²) in [5.74, 6) is 0.310. The lowest BCUT2D eigenvalue weighted by atomic mass is 10.1. The van der Waals surface area contributed by atoms with Crippen LogP contribution in [0.3, 0.4) is 0 Å². The molecule has 0 fully saturated rings. The van der Waals surface area contributed by atoms with E-state index in [9.17, 15) is 14.9 Å². The number of thioether (sulfide) groups is 1. The lowest BCUT2D eigenvalue weighted by molar-refractivity contribution is -0.384. The monoisotopic (exact) mass is 477 g/mol. The Bertz CT molecular complexity index is 1430. The first-order chi connectivity index (χ1) is 16.0. The molecule has 0 aromatic heterocycles. The van der Waals surface area contributed by atoms with Crippen LogP contribution in [0.15, 0.2) is 82.9 Å². The molecule has 10 heteroatoms. The number of nitrogens with zero attached hydrogens (tertiary/aromatic N) is 4. The number of hydrogen-bond donors (Lipinski definition) is 1. The molecule has 1 N–H and O–H groups in total. The number of amidine groups is 1. The fourth-order valence-corrected chi connectivity index (χ4v) is 4.66. The highest BCUT2D eigenvalue weighted by molar-refractivity contribution is 8.13. The molecule has 1 amide bonds. The second-order valence-corrected chi connectivity index (χ2v) is 8.69. The van der Waals surface area contributed by atoms with E-state index < -0.39 is 11.1 Å². The van der Waals surface area contributed by atoms with Gasteiger partial charge in [0, 0.05) is 22.6 Å². The number of nitro benzene ring substituents is 1. The summed E-state index contributed by atoms with van der Waals surface area (Å²) in [6.45, 7) is 0. The second kappa shape index (κ2) is 8.68. The number of amides is 1. The molecule has 33 heavy (non-hydrogen) atoms. The Morgan fingerprint density at radius 3 is 2.64 bits per heavy atom. The van der Waals surface area contributed by atoms with E-state index in [-0.39, 0.29) is 16.6 Å². The van der Waals surface area contributed by atoms with Gasteiger partial charge in [-0.1, -0.05) is 78.0 Å². The summed E-state index contributed by atoms with van der Waals surface area (Å²) in [5.41, 5.74) is 1.71. The van der Waals surface area contributed by atoms with Gasteiger partial charge in [-0.15, -0.1) is 5.10 Å². The molecule has 0 saturated carbocycles. The van der Waals surface area contributed by atoms with Gasteiger partial charge < -0.3 is 0 Å². The molecule has 3 aromatic rings. The summed E-state index contributed by atoms with van der Waals surface area (Å²) in [7, 11) is 0. The van der Waals surface area contributed by atoms with Crippen LogP contribution in [0.5, 0.6) is 0 Å². The summed E-state index contributed by atoms with van der Waals surface area (Å²) in [6.07, 6.45) is -0.760. The maximum atomic E-state index is 13.2. The van der Waals surface area contributed by atoms with Gasteiger partial charge in [0.05, 0.1) is 10.3 Å². The fraction of sp³-hybridized carbons (Fsp3) is 0.0870. The summed E-state index contributed by atoms with van der Waals surface area (Å²) in [4.78, 5) is 28.8. The third kappa shape index (κ3) is 4.08. The minimum atomic E-state index is -0.760. The SMILES string of the molecule is O=C1NC(SCc2ccccc2)=NN2C1=c1ccccc1=NC2c1ccc(Cl)c([N+](=O)[O-])c1. The average molecular weight is 478 g/mol. The van der Waals surface area contributed by atoms with E-state index in [1.54, 1.807) is 18.2 Å². The molecule has 5 rings (SSSR count). The molecule has 2 heterocycles. The number of benzene rings is 3. The largest absolute Gasteiger partial charge is 0.298 e. The number of nitro groups is 1. The molecule has 1 unspecified atom stereocenters. The predicted molar refractivity (Wildman–Crippen MR) is 127 cm³/mol. The molecule has 1 atom stereocenters. The highest BCUT2D eigenvalue weighted by Crippen LogP contribution is 2.34. The van der Waals surface area contributed by atoms with Crippen molar-refractivity contribution >= 4 is 45.8 Å². The normalized spacial score (nSPS) is 16.8. The van der Waals surface area contributed by atoms with Gasteiger partial charge >= 0.3 is 0 Å². The lowest BCUT2D eigenvalue weighted by Crippen LogP contribution is -2.50. The quantitative estimate of drug-likeness (QED) is 0.459. The molecule has 0 spiro atoms.